The Kier molecular flexibility index (Phi) is 1.48. The topological polar surface area (TPSA) is 17.1 Å². The fraction of sp³-hybridized carbons (Fsp3) is 0.154. The van der Waals surface area contributed by atoms with Crippen LogP contribution in [0, 0.1) is 0 Å². The molecular formula is C13H10O. The molecule has 0 atom stereocenters. The van der Waals surface area contributed by atoms with Crippen LogP contribution < -0.4 is 10.4 Å². The molecule has 68 valence electrons. The SMILES string of the molecule is O=C1C=Cc2c3c(ccc2=C1)=CCC3. The van der Waals surface area contributed by atoms with Gasteiger partial charge in [0.05, 0.1) is 0 Å². The molecule has 2 aliphatic rings. The molecule has 0 bridgehead atoms. The molecule has 0 amide bonds. The standard InChI is InChI=1S/C13H10O/c14-11-6-7-13-10(8-11)5-4-9-2-1-3-12(9)13/h2,4-8H,1,3H2. The summed E-state index contributed by atoms with van der Waals surface area (Å²) in [6.07, 6.45) is 9.84. The Morgan fingerprint density at radius 3 is 2.86 bits per heavy atom. The van der Waals surface area contributed by atoms with E-state index >= 15 is 0 Å². The van der Waals surface area contributed by atoms with E-state index in [-0.39, 0.29) is 5.78 Å². The first-order valence-corrected chi connectivity index (χ1v) is 4.90. The highest BCUT2D eigenvalue weighted by atomic mass is 16.1. The molecule has 1 aromatic rings. The molecule has 1 heteroatoms. The molecule has 3 rings (SSSR count). The van der Waals surface area contributed by atoms with Crippen molar-refractivity contribution >= 4 is 24.0 Å². The molecule has 0 spiro atoms. The van der Waals surface area contributed by atoms with Gasteiger partial charge in [0.25, 0.3) is 0 Å². The zero-order chi connectivity index (χ0) is 9.54. The van der Waals surface area contributed by atoms with E-state index in [1.165, 1.54) is 16.3 Å². The van der Waals surface area contributed by atoms with Gasteiger partial charge < -0.3 is 0 Å². The van der Waals surface area contributed by atoms with Crippen molar-refractivity contribution in [2.45, 2.75) is 12.8 Å². The highest BCUT2D eigenvalue weighted by Gasteiger charge is 2.10. The molecule has 14 heavy (non-hydrogen) atoms. The molecule has 0 fully saturated rings. The van der Waals surface area contributed by atoms with Gasteiger partial charge >= 0.3 is 0 Å². The Morgan fingerprint density at radius 2 is 1.93 bits per heavy atom. The average Bonchev–Trinajstić information content (AvgIpc) is 2.65. The summed E-state index contributed by atoms with van der Waals surface area (Å²) >= 11 is 0. The van der Waals surface area contributed by atoms with Crippen LogP contribution in [0.2, 0.25) is 0 Å². The number of hydrogen-bond donors (Lipinski definition) is 0. The minimum Gasteiger partial charge on any atom is -0.290 e. The van der Waals surface area contributed by atoms with E-state index < -0.39 is 0 Å². The van der Waals surface area contributed by atoms with E-state index in [1.54, 1.807) is 12.2 Å². The highest BCUT2D eigenvalue weighted by Crippen LogP contribution is 2.12. The monoisotopic (exact) mass is 182 g/mol. The van der Waals surface area contributed by atoms with Crippen molar-refractivity contribution in [3.05, 3.63) is 39.8 Å². The van der Waals surface area contributed by atoms with E-state index in [0.29, 0.717) is 0 Å². The largest absolute Gasteiger partial charge is 0.290 e. The lowest BCUT2D eigenvalue weighted by Crippen LogP contribution is -2.19. The quantitative estimate of drug-likeness (QED) is 0.579. The van der Waals surface area contributed by atoms with Crippen LogP contribution in [0.4, 0.5) is 0 Å². The Balaban J connectivity index is 2.42. The van der Waals surface area contributed by atoms with Crippen molar-refractivity contribution in [1.29, 1.82) is 0 Å². The van der Waals surface area contributed by atoms with Gasteiger partial charge in [-0.2, -0.15) is 0 Å². The van der Waals surface area contributed by atoms with Crippen molar-refractivity contribution < 1.29 is 4.79 Å². The second kappa shape index (κ2) is 2.68. The van der Waals surface area contributed by atoms with Crippen molar-refractivity contribution in [2.24, 2.45) is 0 Å². The van der Waals surface area contributed by atoms with Crippen LogP contribution in [0.5, 0.6) is 0 Å². The summed E-state index contributed by atoms with van der Waals surface area (Å²) in [6, 6.07) is 4.15. The van der Waals surface area contributed by atoms with Gasteiger partial charge in [0.15, 0.2) is 5.78 Å². The molecular weight excluding hydrogens is 172 g/mol. The van der Waals surface area contributed by atoms with Crippen LogP contribution in [-0.2, 0) is 11.2 Å². The summed E-state index contributed by atoms with van der Waals surface area (Å²) < 4.78 is 0. The van der Waals surface area contributed by atoms with Crippen molar-refractivity contribution in [3.8, 4) is 0 Å². The van der Waals surface area contributed by atoms with Crippen LogP contribution in [0.1, 0.15) is 17.5 Å². The van der Waals surface area contributed by atoms with E-state index in [1.807, 2.05) is 12.1 Å². The molecule has 0 radical (unpaired) electrons. The summed E-state index contributed by atoms with van der Waals surface area (Å²) in [6.45, 7) is 0. The van der Waals surface area contributed by atoms with Crippen molar-refractivity contribution in [1.82, 2.24) is 0 Å². The predicted molar refractivity (Wildman–Crippen MR) is 57.0 cm³/mol. The Bertz CT molecular complexity index is 562. The molecule has 0 heterocycles. The summed E-state index contributed by atoms with van der Waals surface area (Å²) in [5.74, 6) is 0.0967. The van der Waals surface area contributed by atoms with Gasteiger partial charge in [-0.15, -0.1) is 0 Å². The second-order valence-corrected chi connectivity index (χ2v) is 3.76. The van der Waals surface area contributed by atoms with Gasteiger partial charge in [-0.05, 0) is 46.6 Å². The summed E-state index contributed by atoms with van der Waals surface area (Å²) in [7, 11) is 0. The second-order valence-electron chi connectivity index (χ2n) is 3.76. The Labute approximate surface area is 82.1 Å². The van der Waals surface area contributed by atoms with Crippen LogP contribution in [0.15, 0.2) is 18.2 Å². The molecule has 0 saturated heterocycles. The number of hydrogen-bond acceptors (Lipinski definition) is 1. The van der Waals surface area contributed by atoms with Crippen LogP contribution in [0.3, 0.4) is 0 Å². The van der Waals surface area contributed by atoms with Gasteiger partial charge in [0.2, 0.25) is 0 Å². The lowest BCUT2D eigenvalue weighted by molar-refractivity contribution is -0.109. The summed E-state index contributed by atoms with van der Waals surface area (Å²) in [5, 5.41) is 2.42. The van der Waals surface area contributed by atoms with Gasteiger partial charge in [-0.1, -0.05) is 24.3 Å². The number of benzene rings is 1. The Morgan fingerprint density at radius 1 is 1.07 bits per heavy atom. The smallest absolute Gasteiger partial charge is 0.179 e. The normalized spacial score (nSPS) is 17.0. The summed E-state index contributed by atoms with van der Waals surface area (Å²) in [4.78, 5) is 11.2. The third-order valence-corrected chi connectivity index (χ3v) is 2.90. The molecule has 0 unspecified atom stereocenters. The zero-order valence-electron chi connectivity index (χ0n) is 7.79. The fourth-order valence-electron chi connectivity index (χ4n) is 2.23. The fourth-order valence-corrected chi connectivity index (χ4v) is 2.23. The average molecular weight is 182 g/mol. The first-order chi connectivity index (χ1) is 6.84. The highest BCUT2D eigenvalue weighted by molar-refractivity contribution is 6.16. The first-order valence-electron chi connectivity index (χ1n) is 4.90. The van der Waals surface area contributed by atoms with E-state index in [4.69, 9.17) is 0 Å². The lowest BCUT2D eigenvalue weighted by Gasteiger charge is -2.06. The number of rotatable bonds is 0. The van der Waals surface area contributed by atoms with E-state index in [9.17, 15) is 4.79 Å². The molecule has 0 aromatic heterocycles. The number of carbonyl (C=O) groups excluding carboxylic acids is 1. The van der Waals surface area contributed by atoms with Crippen LogP contribution in [0.25, 0.3) is 18.2 Å². The van der Waals surface area contributed by atoms with Crippen molar-refractivity contribution in [3.63, 3.8) is 0 Å². The van der Waals surface area contributed by atoms with Crippen LogP contribution >= 0.6 is 0 Å². The molecule has 1 nitrogen and oxygen atoms in total. The number of carbonyl (C=O) groups is 1. The molecule has 0 aliphatic heterocycles. The number of allylic oxidation sites excluding steroid dienone is 1. The maximum atomic E-state index is 11.2. The number of fused-ring (bicyclic) bond motifs is 3. The van der Waals surface area contributed by atoms with Gasteiger partial charge in [0.1, 0.15) is 0 Å². The van der Waals surface area contributed by atoms with Gasteiger partial charge in [0, 0.05) is 0 Å². The van der Waals surface area contributed by atoms with Crippen molar-refractivity contribution in [2.75, 3.05) is 0 Å². The molecule has 2 aliphatic carbocycles. The van der Waals surface area contributed by atoms with Crippen LogP contribution in [-0.4, -0.2) is 5.78 Å². The third kappa shape index (κ3) is 0.987. The minimum atomic E-state index is 0.0967. The minimum absolute atomic E-state index is 0.0967. The maximum Gasteiger partial charge on any atom is 0.179 e. The zero-order valence-corrected chi connectivity index (χ0v) is 7.79. The predicted octanol–water partition coefficient (Wildman–Crippen LogP) is 0.790. The third-order valence-electron chi connectivity index (χ3n) is 2.90. The van der Waals surface area contributed by atoms with E-state index in [2.05, 4.69) is 12.1 Å². The first kappa shape index (κ1) is 7.74. The molecule has 0 N–H and O–H groups in total. The van der Waals surface area contributed by atoms with E-state index in [0.717, 1.165) is 18.1 Å². The number of ketones is 1. The Hall–Kier alpha value is -1.63. The van der Waals surface area contributed by atoms with Gasteiger partial charge in [-0.3, -0.25) is 4.79 Å². The lowest BCUT2D eigenvalue weighted by atomic mass is 9.98. The summed E-state index contributed by atoms with van der Waals surface area (Å²) in [5.41, 5.74) is 2.65. The maximum absolute atomic E-state index is 11.2. The van der Waals surface area contributed by atoms with Gasteiger partial charge in [-0.25, -0.2) is 0 Å². The molecule has 0 saturated carbocycles. The molecule has 1 aromatic carbocycles.